The highest BCUT2D eigenvalue weighted by Gasteiger charge is 2.22. The third kappa shape index (κ3) is 4.34. The van der Waals surface area contributed by atoms with Crippen molar-refractivity contribution in [3.05, 3.63) is 35.4 Å². The molecular weight excluding hydrogens is 242 g/mol. The maximum absolute atomic E-state index is 3.58. The summed E-state index contributed by atoms with van der Waals surface area (Å²) >= 11 is 0. The summed E-state index contributed by atoms with van der Waals surface area (Å²) in [6, 6.07) is 9.94. The molecule has 1 unspecified atom stereocenters. The molecule has 20 heavy (non-hydrogen) atoms. The first-order valence-electron chi connectivity index (χ1n) is 8.61. The minimum Gasteiger partial charge on any atom is -0.313 e. The minimum absolute atomic E-state index is 0.549. The first-order valence-corrected chi connectivity index (χ1v) is 8.61. The van der Waals surface area contributed by atoms with Gasteiger partial charge in [-0.25, -0.2) is 0 Å². The van der Waals surface area contributed by atoms with Crippen molar-refractivity contribution in [2.75, 3.05) is 7.05 Å². The van der Waals surface area contributed by atoms with Crippen LogP contribution in [-0.4, -0.2) is 7.05 Å². The second-order valence-electron chi connectivity index (χ2n) is 6.36. The number of unbranched alkanes of at least 4 members (excludes halogenated alkanes) is 1. The molecule has 1 nitrogen and oxygen atoms in total. The van der Waals surface area contributed by atoms with Crippen LogP contribution >= 0.6 is 0 Å². The fraction of sp³-hybridized carbons (Fsp3) is 0.684. The number of benzene rings is 1. The van der Waals surface area contributed by atoms with Crippen molar-refractivity contribution in [1.82, 2.24) is 5.32 Å². The van der Waals surface area contributed by atoms with Gasteiger partial charge in [0.15, 0.2) is 0 Å². The monoisotopic (exact) mass is 273 g/mol. The van der Waals surface area contributed by atoms with Crippen molar-refractivity contribution in [3.8, 4) is 0 Å². The fourth-order valence-corrected chi connectivity index (χ4v) is 3.59. The molecule has 0 radical (unpaired) electrons. The minimum atomic E-state index is 0.549. The van der Waals surface area contributed by atoms with Gasteiger partial charge in [0.1, 0.15) is 0 Å². The summed E-state index contributed by atoms with van der Waals surface area (Å²) in [6.07, 6.45) is 12.3. The number of aryl methyl sites for hydroxylation is 1. The molecule has 0 saturated heterocycles. The van der Waals surface area contributed by atoms with E-state index in [4.69, 9.17) is 0 Å². The molecule has 0 aliphatic heterocycles. The highest BCUT2D eigenvalue weighted by molar-refractivity contribution is 5.25. The summed E-state index contributed by atoms with van der Waals surface area (Å²) < 4.78 is 0. The van der Waals surface area contributed by atoms with Gasteiger partial charge in [-0.05, 0) is 49.8 Å². The Hall–Kier alpha value is -0.820. The van der Waals surface area contributed by atoms with E-state index in [0.717, 1.165) is 5.92 Å². The van der Waals surface area contributed by atoms with E-state index >= 15 is 0 Å². The summed E-state index contributed by atoms with van der Waals surface area (Å²) in [7, 11) is 2.13. The number of hydrogen-bond donors (Lipinski definition) is 1. The zero-order valence-electron chi connectivity index (χ0n) is 13.3. The lowest BCUT2D eigenvalue weighted by molar-refractivity contribution is 0.341. The SMILES string of the molecule is CCCCc1ccc(C(NC)C2CCCCCC2)cc1. The maximum atomic E-state index is 3.58. The normalized spacial score (nSPS) is 18.7. The molecule has 0 amide bonds. The summed E-state index contributed by atoms with van der Waals surface area (Å²) in [5, 5.41) is 3.58. The molecule has 0 heterocycles. The zero-order valence-corrected chi connectivity index (χ0v) is 13.3. The van der Waals surface area contributed by atoms with E-state index in [1.165, 1.54) is 68.9 Å². The average molecular weight is 273 g/mol. The lowest BCUT2D eigenvalue weighted by Gasteiger charge is -2.26. The van der Waals surface area contributed by atoms with Crippen LogP contribution in [0.1, 0.15) is 75.5 Å². The van der Waals surface area contributed by atoms with Crippen LogP contribution < -0.4 is 5.32 Å². The molecule has 1 fully saturated rings. The Labute approximate surface area is 125 Å². The van der Waals surface area contributed by atoms with Crippen LogP contribution in [0.25, 0.3) is 0 Å². The van der Waals surface area contributed by atoms with Crippen LogP contribution in [0.2, 0.25) is 0 Å². The second kappa shape index (κ2) is 8.46. The van der Waals surface area contributed by atoms with Crippen molar-refractivity contribution in [3.63, 3.8) is 0 Å². The van der Waals surface area contributed by atoms with Crippen molar-refractivity contribution in [2.45, 2.75) is 70.8 Å². The summed E-state index contributed by atoms with van der Waals surface area (Å²) in [6.45, 7) is 2.26. The van der Waals surface area contributed by atoms with Crippen molar-refractivity contribution in [1.29, 1.82) is 0 Å². The van der Waals surface area contributed by atoms with Gasteiger partial charge in [0, 0.05) is 6.04 Å². The first kappa shape index (κ1) is 15.6. The van der Waals surface area contributed by atoms with Crippen LogP contribution in [0, 0.1) is 5.92 Å². The molecule has 0 bridgehead atoms. The molecule has 1 aliphatic carbocycles. The van der Waals surface area contributed by atoms with Gasteiger partial charge < -0.3 is 5.32 Å². The largest absolute Gasteiger partial charge is 0.313 e. The molecule has 1 aromatic carbocycles. The van der Waals surface area contributed by atoms with E-state index in [1.807, 2.05) is 0 Å². The van der Waals surface area contributed by atoms with Crippen molar-refractivity contribution >= 4 is 0 Å². The van der Waals surface area contributed by atoms with E-state index < -0.39 is 0 Å². The third-order valence-electron chi connectivity index (χ3n) is 4.84. The predicted molar refractivity (Wildman–Crippen MR) is 88.0 cm³/mol. The Morgan fingerprint density at radius 1 is 1.05 bits per heavy atom. The van der Waals surface area contributed by atoms with E-state index in [-0.39, 0.29) is 0 Å². The Morgan fingerprint density at radius 2 is 1.70 bits per heavy atom. The summed E-state index contributed by atoms with van der Waals surface area (Å²) in [5.41, 5.74) is 2.98. The molecule has 1 N–H and O–H groups in total. The molecule has 0 aromatic heterocycles. The van der Waals surface area contributed by atoms with Crippen LogP contribution in [0.3, 0.4) is 0 Å². The number of hydrogen-bond acceptors (Lipinski definition) is 1. The van der Waals surface area contributed by atoms with Gasteiger partial charge in [0.25, 0.3) is 0 Å². The topological polar surface area (TPSA) is 12.0 Å². The molecule has 2 rings (SSSR count). The quantitative estimate of drug-likeness (QED) is 0.697. The number of nitrogens with one attached hydrogen (secondary N) is 1. The van der Waals surface area contributed by atoms with E-state index in [9.17, 15) is 0 Å². The Balaban J connectivity index is 2.02. The first-order chi connectivity index (χ1) is 9.85. The molecule has 112 valence electrons. The van der Waals surface area contributed by atoms with Crippen molar-refractivity contribution < 1.29 is 0 Å². The lowest BCUT2D eigenvalue weighted by Crippen LogP contribution is -2.25. The predicted octanol–water partition coefficient (Wildman–Crippen LogP) is 5.26. The molecular formula is C19H31N. The standard InChI is InChI=1S/C19H31N/c1-3-4-9-16-12-14-18(15-13-16)19(20-2)17-10-7-5-6-8-11-17/h12-15,17,19-20H,3-11H2,1-2H3. The van der Waals surface area contributed by atoms with Gasteiger partial charge in [-0.15, -0.1) is 0 Å². The summed E-state index contributed by atoms with van der Waals surface area (Å²) in [4.78, 5) is 0. The molecule has 1 aromatic rings. The highest BCUT2D eigenvalue weighted by atomic mass is 14.9. The van der Waals surface area contributed by atoms with E-state index in [0.29, 0.717) is 6.04 Å². The Morgan fingerprint density at radius 3 is 2.25 bits per heavy atom. The molecule has 1 aliphatic rings. The van der Waals surface area contributed by atoms with Crippen LogP contribution in [0.5, 0.6) is 0 Å². The van der Waals surface area contributed by atoms with Gasteiger partial charge in [0.05, 0.1) is 0 Å². The number of rotatable bonds is 6. The van der Waals surface area contributed by atoms with Gasteiger partial charge in [-0.3, -0.25) is 0 Å². The van der Waals surface area contributed by atoms with Gasteiger partial charge in [-0.1, -0.05) is 63.3 Å². The van der Waals surface area contributed by atoms with Crippen LogP contribution in [-0.2, 0) is 6.42 Å². The molecule has 1 heteroatoms. The van der Waals surface area contributed by atoms with Gasteiger partial charge in [0.2, 0.25) is 0 Å². The third-order valence-corrected chi connectivity index (χ3v) is 4.84. The maximum Gasteiger partial charge on any atom is 0.0346 e. The van der Waals surface area contributed by atoms with E-state index in [1.54, 1.807) is 0 Å². The van der Waals surface area contributed by atoms with E-state index in [2.05, 4.69) is 43.6 Å². The zero-order chi connectivity index (χ0) is 14.2. The highest BCUT2D eigenvalue weighted by Crippen LogP contribution is 2.33. The smallest absolute Gasteiger partial charge is 0.0346 e. The Bertz CT molecular complexity index is 360. The lowest BCUT2D eigenvalue weighted by atomic mass is 9.87. The molecule has 1 saturated carbocycles. The second-order valence-corrected chi connectivity index (χ2v) is 6.36. The van der Waals surface area contributed by atoms with Gasteiger partial charge in [-0.2, -0.15) is 0 Å². The molecule has 1 atom stereocenters. The molecule has 0 spiro atoms. The van der Waals surface area contributed by atoms with Crippen molar-refractivity contribution in [2.24, 2.45) is 5.92 Å². The fourth-order valence-electron chi connectivity index (χ4n) is 3.59. The van der Waals surface area contributed by atoms with Gasteiger partial charge >= 0.3 is 0 Å². The van der Waals surface area contributed by atoms with Crippen LogP contribution in [0.15, 0.2) is 24.3 Å². The Kier molecular flexibility index (Phi) is 6.59. The van der Waals surface area contributed by atoms with Crippen LogP contribution in [0.4, 0.5) is 0 Å². The average Bonchev–Trinajstić information content (AvgIpc) is 2.76. The summed E-state index contributed by atoms with van der Waals surface area (Å²) in [5.74, 6) is 0.823.